The molecule has 0 N–H and O–H groups in total. The second kappa shape index (κ2) is 7.44. The van der Waals surface area contributed by atoms with Gasteiger partial charge in [0.25, 0.3) is 0 Å². The van der Waals surface area contributed by atoms with Crippen LogP contribution in [0.25, 0.3) is 0 Å². The van der Waals surface area contributed by atoms with Gasteiger partial charge in [0.05, 0.1) is 11.4 Å². The van der Waals surface area contributed by atoms with Crippen molar-refractivity contribution < 1.29 is 0 Å². The van der Waals surface area contributed by atoms with E-state index in [1.165, 1.54) is 33.4 Å². The summed E-state index contributed by atoms with van der Waals surface area (Å²) in [6.07, 6.45) is 2.57. The molecule has 0 atom stereocenters. The number of halogens is 1. The van der Waals surface area contributed by atoms with Crippen molar-refractivity contribution in [1.29, 1.82) is 0 Å². The standard InChI is InChI=1S/C24H27ClN2/c1-8-9-21-24(25)27(23-19(6)12-16(3)13-20(23)7)14-26(21)22-17(4)10-15(2)11-18(22)5/h8,10-13H,1,9H2,2-7H3. The van der Waals surface area contributed by atoms with E-state index in [4.69, 9.17) is 11.6 Å². The van der Waals surface area contributed by atoms with Crippen molar-refractivity contribution in [2.75, 3.05) is 9.80 Å². The summed E-state index contributed by atoms with van der Waals surface area (Å²) < 4.78 is 0. The molecule has 0 spiro atoms. The second-order valence-electron chi connectivity index (χ2n) is 7.50. The molecule has 2 nitrogen and oxygen atoms in total. The first-order valence-electron chi connectivity index (χ1n) is 9.26. The maximum atomic E-state index is 6.88. The first-order valence-corrected chi connectivity index (χ1v) is 9.64. The molecule has 1 heterocycles. The molecule has 2 radical (unpaired) electrons. The highest BCUT2D eigenvalue weighted by molar-refractivity contribution is 6.32. The van der Waals surface area contributed by atoms with Crippen molar-refractivity contribution in [3.8, 4) is 0 Å². The van der Waals surface area contributed by atoms with Crippen LogP contribution in [-0.2, 0) is 0 Å². The summed E-state index contributed by atoms with van der Waals surface area (Å²) in [5.74, 6) is 0. The fourth-order valence-electron chi connectivity index (χ4n) is 4.12. The smallest absolute Gasteiger partial charge is 0.219 e. The van der Waals surface area contributed by atoms with E-state index in [1.54, 1.807) is 0 Å². The average Bonchev–Trinajstić information content (AvgIpc) is 2.83. The molecule has 2 aromatic carbocycles. The van der Waals surface area contributed by atoms with Crippen LogP contribution in [0, 0.1) is 48.2 Å². The van der Waals surface area contributed by atoms with E-state index in [-0.39, 0.29) is 0 Å². The second-order valence-corrected chi connectivity index (χ2v) is 7.85. The number of allylic oxidation sites excluding steroid dienone is 1. The van der Waals surface area contributed by atoms with Crippen LogP contribution in [0.4, 0.5) is 11.4 Å². The Morgan fingerprint density at radius 3 is 1.63 bits per heavy atom. The van der Waals surface area contributed by atoms with Crippen LogP contribution in [0.15, 0.2) is 47.8 Å². The van der Waals surface area contributed by atoms with Crippen LogP contribution >= 0.6 is 11.6 Å². The fourth-order valence-corrected chi connectivity index (χ4v) is 4.41. The Hall–Kier alpha value is -2.19. The maximum Gasteiger partial charge on any atom is 0.219 e. The molecule has 27 heavy (non-hydrogen) atoms. The van der Waals surface area contributed by atoms with E-state index < -0.39 is 0 Å². The zero-order valence-corrected chi connectivity index (χ0v) is 17.8. The van der Waals surface area contributed by atoms with Gasteiger partial charge in [-0.3, -0.25) is 4.90 Å². The van der Waals surface area contributed by atoms with Gasteiger partial charge >= 0.3 is 0 Å². The van der Waals surface area contributed by atoms with Crippen LogP contribution in [-0.4, -0.2) is 0 Å². The summed E-state index contributed by atoms with van der Waals surface area (Å²) in [5, 5.41) is 0.685. The van der Waals surface area contributed by atoms with E-state index in [1.807, 2.05) is 11.0 Å². The highest BCUT2D eigenvalue weighted by Gasteiger charge is 2.34. The third kappa shape index (κ3) is 3.51. The minimum absolute atomic E-state index is 0.680. The first-order chi connectivity index (χ1) is 12.7. The van der Waals surface area contributed by atoms with Crippen LogP contribution in [0.2, 0.25) is 0 Å². The zero-order valence-electron chi connectivity index (χ0n) is 17.1. The number of hydrogen-bond donors (Lipinski definition) is 0. The molecule has 0 fully saturated rings. The Morgan fingerprint density at radius 1 is 0.815 bits per heavy atom. The van der Waals surface area contributed by atoms with Gasteiger partial charge in [-0.15, -0.1) is 6.58 Å². The van der Waals surface area contributed by atoms with E-state index in [0.29, 0.717) is 11.6 Å². The molecule has 3 heteroatoms. The number of rotatable bonds is 4. The first kappa shape index (κ1) is 19.6. The van der Waals surface area contributed by atoms with Gasteiger partial charge in [0.1, 0.15) is 5.16 Å². The number of anilines is 2. The SMILES string of the molecule is C=CCC1=C(Cl)N(c2c(C)cc(C)cc2C)[C]N1c1c(C)cc(C)cc1C. The fraction of sp³-hybridized carbons (Fsp3) is 0.292. The molecule has 1 aliphatic rings. The van der Waals surface area contributed by atoms with Crippen molar-refractivity contribution in [3.05, 3.63) is 87.8 Å². The number of benzene rings is 2. The maximum absolute atomic E-state index is 6.88. The lowest BCUT2D eigenvalue weighted by Crippen LogP contribution is -2.23. The van der Waals surface area contributed by atoms with E-state index in [2.05, 4.69) is 84.0 Å². The van der Waals surface area contributed by atoms with Crippen molar-refractivity contribution in [3.63, 3.8) is 0 Å². The van der Waals surface area contributed by atoms with Crippen LogP contribution < -0.4 is 9.80 Å². The van der Waals surface area contributed by atoms with Crippen molar-refractivity contribution >= 4 is 23.0 Å². The summed E-state index contributed by atoms with van der Waals surface area (Å²) >= 11 is 6.88. The lowest BCUT2D eigenvalue weighted by Gasteiger charge is -2.26. The monoisotopic (exact) mass is 378 g/mol. The van der Waals surface area contributed by atoms with Crippen molar-refractivity contribution in [2.24, 2.45) is 0 Å². The molecule has 0 bridgehead atoms. The minimum Gasteiger partial charge on any atom is -0.310 e. The van der Waals surface area contributed by atoms with Crippen molar-refractivity contribution in [2.45, 2.75) is 48.0 Å². The Balaban J connectivity index is 2.14. The molecular weight excluding hydrogens is 352 g/mol. The van der Waals surface area contributed by atoms with E-state index in [0.717, 1.165) is 17.1 Å². The highest BCUT2D eigenvalue weighted by Crippen LogP contribution is 2.43. The lowest BCUT2D eigenvalue weighted by molar-refractivity contribution is 1.02. The lowest BCUT2D eigenvalue weighted by atomic mass is 10.0. The molecular formula is C24H27ClN2. The predicted molar refractivity (Wildman–Crippen MR) is 117 cm³/mol. The largest absolute Gasteiger partial charge is 0.310 e. The summed E-state index contributed by atoms with van der Waals surface area (Å²) in [6, 6.07) is 8.78. The molecule has 0 saturated carbocycles. The minimum atomic E-state index is 0.680. The zero-order chi connectivity index (χ0) is 19.9. The molecule has 0 aliphatic carbocycles. The van der Waals surface area contributed by atoms with E-state index in [9.17, 15) is 0 Å². The summed E-state index contributed by atoms with van der Waals surface area (Å²) in [4.78, 5) is 4.09. The number of hydrogen-bond acceptors (Lipinski definition) is 2. The van der Waals surface area contributed by atoms with Gasteiger partial charge in [0.2, 0.25) is 6.67 Å². The van der Waals surface area contributed by atoms with Gasteiger partial charge in [-0.1, -0.05) is 53.1 Å². The van der Waals surface area contributed by atoms with Crippen LogP contribution in [0.3, 0.4) is 0 Å². The Bertz CT molecular complexity index is 893. The molecule has 0 unspecified atom stereocenters. The van der Waals surface area contributed by atoms with Gasteiger partial charge in [0, 0.05) is 12.1 Å². The predicted octanol–water partition coefficient (Wildman–Crippen LogP) is 6.84. The summed E-state index contributed by atoms with van der Waals surface area (Å²) in [5.41, 5.74) is 10.6. The molecule has 3 rings (SSSR count). The van der Waals surface area contributed by atoms with Gasteiger partial charge < -0.3 is 4.90 Å². The summed E-state index contributed by atoms with van der Waals surface area (Å²) in [7, 11) is 0. The third-order valence-electron chi connectivity index (χ3n) is 4.96. The van der Waals surface area contributed by atoms with E-state index >= 15 is 0 Å². The van der Waals surface area contributed by atoms with Gasteiger partial charge in [-0.2, -0.15) is 0 Å². The van der Waals surface area contributed by atoms with Gasteiger partial charge in [-0.05, 0) is 63.8 Å². The van der Waals surface area contributed by atoms with Crippen LogP contribution in [0.5, 0.6) is 0 Å². The topological polar surface area (TPSA) is 6.48 Å². The Labute approximate surface area is 168 Å². The van der Waals surface area contributed by atoms with Gasteiger partial charge in [0.15, 0.2) is 0 Å². The summed E-state index contributed by atoms with van der Waals surface area (Å²) in [6.45, 7) is 20.2. The normalized spacial score (nSPS) is 14.3. The molecule has 140 valence electrons. The number of aryl methyl sites for hydroxylation is 6. The average molecular weight is 379 g/mol. The third-order valence-corrected chi connectivity index (χ3v) is 5.35. The van der Waals surface area contributed by atoms with Crippen molar-refractivity contribution in [1.82, 2.24) is 0 Å². The molecule has 0 aromatic heterocycles. The van der Waals surface area contributed by atoms with Crippen LogP contribution in [0.1, 0.15) is 39.8 Å². The highest BCUT2D eigenvalue weighted by atomic mass is 35.5. The van der Waals surface area contributed by atoms with Gasteiger partial charge in [-0.25, -0.2) is 0 Å². The molecule has 0 saturated heterocycles. The number of nitrogens with zero attached hydrogens (tertiary/aromatic N) is 2. The molecule has 0 amide bonds. The Morgan fingerprint density at radius 2 is 1.22 bits per heavy atom. The quantitative estimate of drug-likeness (QED) is 0.424. The molecule has 1 aliphatic heterocycles. The molecule has 2 aromatic rings. The Kier molecular flexibility index (Phi) is 5.39.